The molecular weight excluding hydrogens is 162 g/mol. The van der Waals surface area contributed by atoms with E-state index in [2.05, 4.69) is 12.0 Å². The van der Waals surface area contributed by atoms with Crippen LogP contribution in [-0.2, 0) is 26.4 Å². The van der Waals surface area contributed by atoms with Crippen molar-refractivity contribution in [3.8, 4) is 0 Å². The summed E-state index contributed by atoms with van der Waals surface area (Å²) in [5, 5.41) is 4.44. The van der Waals surface area contributed by atoms with Crippen molar-refractivity contribution in [2.24, 2.45) is 18.7 Å². The first-order valence-corrected chi connectivity index (χ1v) is 4.96. The van der Waals surface area contributed by atoms with Gasteiger partial charge in [-0.05, 0) is 30.7 Å². The topological polar surface area (TPSA) is 43.8 Å². The summed E-state index contributed by atoms with van der Waals surface area (Å²) in [6, 6.07) is 0. The minimum Gasteiger partial charge on any atom is -0.325 e. The average molecular weight is 179 g/mol. The van der Waals surface area contributed by atoms with Crippen LogP contribution >= 0.6 is 0 Å². The SMILES string of the molecule is CC1CCc2c(c(CN)nn2C)C1. The van der Waals surface area contributed by atoms with E-state index in [1.54, 1.807) is 0 Å². The zero-order valence-corrected chi connectivity index (χ0v) is 8.38. The normalized spacial score (nSPS) is 21.6. The van der Waals surface area contributed by atoms with Gasteiger partial charge in [-0.3, -0.25) is 4.68 Å². The van der Waals surface area contributed by atoms with Gasteiger partial charge in [0.15, 0.2) is 0 Å². The highest BCUT2D eigenvalue weighted by atomic mass is 15.3. The van der Waals surface area contributed by atoms with Crippen molar-refractivity contribution in [3.05, 3.63) is 17.0 Å². The van der Waals surface area contributed by atoms with E-state index in [0.717, 1.165) is 18.0 Å². The zero-order valence-electron chi connectivity index (χ0n) is 8.38. The van der Waals surface area contributed by atoms with Crippen LogP contribution in [0.25, 0.3) is 0 Å². The van der Waals surface area contributed by atoms with Crippen molar-refractivity contribution < 1.29 is 0 Å². The number of hydrogen-bond acceptors (Lipinski definition) is 2. The number of fused-ring (bicyclic) bond motifs is 1. The summed E-state index contributed by atoms with van der Waals surface area (Å²) in [5.74, 6) is 0.794. The Kier molecular flexibility index (Phi) is 2.12. The van der Waals surface area contributed by atoms with Crippen LogP contribution in [0, 0.1) is 5.92 Å². The van der Waals surface area contributed by atoms with Crippen molar-refractivity contribution in [2.75, 3.05) is 0 Å². The maximum atomic E-state index is 5.66. The van der Waals surface area contributed by atoms with Gasteiger partial charge in [0.25, 0.3) is 0 Å². The van der Waals surface area contributed by atoms with Gasteiger partial charge in [0, 0.05) is 19.3 Å². The van der Waals surface area contributed by atoms with Crippen molar-refractivity contribution in [1.82, 2.24) is 9.78 Å². The van der Waals surface area contributed by atoms with Crippen LogP contribution in [0.4, 0.5) is 0 Å². The minimum atomic E-state index is 0.579. The standard InChI is InChI=1S/C10H17N3/c1-7-3-4-10-8(5-7)9(6-11)12-13(10)2/h7H,3-6,11H2,1-2H3. The van der Waals surface area contributed by atoms with Gasteiger partial charge < -0.3 is 5.73 Å². The van der Waals surface area contributed by atoms with Crippen LogP contribution < -0.4 is 5.73 Å². The molecule has 3 heteroatoms. The molecule has 13 heavy (non-hydrogen) atoms. The highest BCUT2D eigenvalue weighted by molar-refractivity contribution is 5.29. The van der Waals surface area contributed by atoms with E-state index in [1.165, 1.54) is 24.1 Å². The van der Waals surface area contributed by atoms with Crippen LogP contribution in [-0.4, -0.2) is 9.78 Å². The van der Waals surface area contributed by atoms with E-state index < -0.39 is 0 Å². The molecule has 1 aromatic heterocycles. The quantitative estimate of drug-likeness (QED) is 0.699. The Morgan fingerprint density at radius 2 is 2.38 bits per heavy atom. The third-order valence-corrected chi connectivity index (χ3v) is 2.98. The van der Waals surface area contributed by atoms with Crippen molar-refractivity contribution in [1.29, 1.82) is 0 Å². The number of hydrogen-bond donors (Lipinski definition) is 1. The summed E-state index contributed by atoms with van der Waals surface area (Å²) in [4.78, 5) is 0. The summed E-state index contributed by atoms with van der Waals surface area (Å²) < 4.78 is 2.00. The average Bonchev–Trinajstić information content (AvgIpc) is 2.42. The first kappa shape index (κ1) is 8.75. The third-order valence-electron chi connectivity index (χ3n) is 2.98. The van der Waals surface area contributed by atoms with Crippen LogP contribution in [0.1, 0.15) is 30.3 Å². The second kappa shape index (κ2) is 3.14. The molecule has 1 unspecified atom stereocenters. The molecule has 0 radical (unpaired) electrons. The van der Waals surface area contributed by atoms with Crippen LogP contribution in [0.15, 0.2) is 0 Å². The molecule has 1 aliphatic rings. The molecule has 0 fully saturated rings. The summed E-state index contributed by atoms with van der Waals surface area (Å²) in [5.41, 5.74) is 9.58. The summed E-state index contributed by atoms with van der Waals surface area (Å²) in [6.07, 6.45) is 3.62. The fourth-order valence-electron chi connectivity index (χ4n) is 2.21. The molecule has 0 bridgehead atoms. The van der Waals surface area contributed by atoms with E-state index >= 15 is 0 Å². The maximum absolute atomic E-state index is 5.66. The molecule has 1 atom stereocenters. The fraction of sp³-hybridized carbons (Fsp3) is 0.700. The second-order valence-corrected chi connectivity index (χ2v) is 4.05. The lowest BCUT2D eigenvalue weighted by Gasteiger charge is -2.18. The highest BCUT2D eigenvalue weighted by Gasteiger charge is 2.21. The molecule has 0 aromatic carbocycles. The van der Waals surface area contributed by atoms with Crippen LogP contribution in [0.3, 0.4) is 0 Å². The van der Waals surface area contributed by atoms with E-state index in [-0.39, 0.29) is 0 Å². The Morgan fingerprint density at radius 3 is 3.08 bits per heavy atom. The number of aryl methyl sites for hydroxylation is 1. The Balaban J connectivity index is 2.43. The second-order valence-electron chi connectivity index (χ2n) is 4.05. The lowest BCUT2D eigenvalue weighted by atomic mass is 9.88. The number of nitrogens with zero attached hydrogens (tertiary/aromatic N) is 2. The molecule has 2 N–H and O–H groups in total. The Labute approximate surface area is 78.9 Å². The largest absolute Gasteiger partial charge is 0.325 e. The zero-order chi connectivity index (χ0) is 9.42. The van der Waals surface area contributed by atoms with E-state index in [4.69, 9.17) is 5.73 Å². The molecule has 0 saturated carbocycles. The molecule has 0 aliphatic heterocycles. The first-order chi connectivity index (χ1) is 6.22. The molecule has 3 nitrogen and oxygen atoms in total. The highest BCUT2D eigenvalue weighted by Crippen LogP contribution is 2.27. The summed E-state index contributed by atoms with van der Waals surface area (Å²) in [7, 11) is 2.02. The Bertz CT molecular complexity index is 314. The van der Waals surface area contributed by atoms with Crippen LogP contribution in [0.5, 0.6) is 0 Å². The van der Waals surface area contributed by atoms with E-state index in [9.17, 15) is 0 Å². The third kappa shape index (κ3) is 1.37. The van der Waals surface area contributed by atoms with Crippen LogP contribution in [0.2, 0.25) is 0 Å². The monoisotopic (exact) mass is 179 g/mol. The fourth-order valence-corrected chi connectivity index (χ4v) is 2.21. The van der Waals surface area contributed by atoms with Gasteiger partial charge in [-0.2, -0.15) is 5.10 Å². The lowest BCUT2D eigenvalue weighted by molar-refractivity contribution is 0.486. The Morgan fingerprint density at radius 1 is 1.62 bits per heavy atom. The summed E-state index contributed by atoms with van der Waals surface area (Å²) >= 11 is 0. The molecule has 2 rings (SSSR count). The molecule has 72 valence electrons. The van der Waals surface area contributed by atoms with Gasteiger partial charge in [0.05, 0.1) is 5.69 Å². The Hall–Kier alpha value is -0.830. The molecule has 0 amide bonds. The van der Waals surface area contributed by atoms with Crippen molar-refractivity contribution in [3.63, 3.8) is 0 Å². The first-order valence-electron chi connectivity index (χ1n) is 4.96. The predicted molar refractivity (Wildman–Crippen MR) is 52.3 cm³/mol. The maximum Gasteiger partial charge on any atom is 0.0795 e. The minimum absolute atomic E-state index is 0.579. The van der Waals surface area contributed by atoms with Crippen molar-refractivity contribution in [2.45, 2.75) is 32.7 Å². The number of rotatable bonds is 1. The van der Waals surface area contributed by atoms with E-state index in [1.807, 2.05) is 11.7 Å². The smallest absolute Gasteiger partial charge is 0.0795 e. The van der Waals surface area contributed by atoms with Gasteiger partial charge in [-0.15, -0.1) is 0 Å². The molecule has 1 aliphatic carbocycles. The molecule has 1 aromatic rings. The number of aromatic nitrogens is 2. The van der Waals surface area contributed by atoms with Gasteiger partial charge in [0.1, 0.15) is 0 Å². The van der Waals surface area contributed by atoms with Gasteiger partial charge in [-0.25, -0.2) is 0 Å². The molecular formula is C10H17N3. The van der Waals surface area contributed by atoms with Gasteiger partial charge in [-0.1, -0.05) is 6.92 Å². The number of nitrogens with two attached hydrogens (primary N) is 1. The molecule has 0 saturated heterocycles. The van der Waals surface area contributed by atoms with Gasteiger partial charge in [0.2, 0.25) is 0 Å². The van der Waals surface area contributed by atoms with E-state index in [0.29, 0.717) is 6.54 Å². The predicted octanol–water partition coefficient (Wildman–Crippen LogP) is 1.00. The van der Waals surface area contributed by atoms with Gasteiger partial charge >= 0.3 is 0 Å². The summed E-state index contributed by atoms with van der Waals surface area (Å²) in [6.45, 7) is 2.88. The molecule has 0 spiro atoms. The molecule has 1 heterocycles. The lowest BCUT2D eigenvalue weighted by Crippen LogP contribution is -2.13. The van der Waals surface area contributed by atoms with Crippen molar-refractivity contribution >= 4 is 0 Å².